The van der Waals surface area contributed by atoms with Gasteiger partial charge < -0.3 is 5.32 Å². The molecule has 2 heteroatoms. The van der Waals surface area contributed by atoms with Crippen molar-refractivity contribution in [3.63, 3.8) is 0 Å². The molecule has 0 aromatic heterocycles. The van der Waals surface area contributed by atoms with E-state index >= 15 is 0 Å². The molecule has 2 aromatic rings. The summed E-state index contributed by atoms with van der Waals surface area (Å²) in [7, 11) is 0. The second-order valence-electron chi connectivity index (χ2n) is 5.57. The monoisotopic (exact) mass is 269 g/mol. The van der Waals surface area contributed by atoms with Crippen molar-refractivity contribution in [2.45, 2.75) is 31.7 Å². The van der Waals surface area contributed by atoms with Crippen LogP contribution in [0.4, 0.5) is 4.39 Å². The average molecular weight is 269 g/mol. The molecule has 0 heterocycles. The van der Waals surface area contributed by atoms with Crippen LogP contribution in [-0.4, -0.2) is 6.54 Å². The summed E-state index contributed by atoms with van der Waals surface area (Å²) in [5, 5.41) is 3.41. The van der Waals surface area contributed by atoms with E-state index in [9.17, 15) is 4.39 Å². The summed E-state index contributed by atoms with van der Waals surface area (Å²) >= 11 is 0. The minimum absolute atomic E-state index is 0.154. The second kappa shape index (κ2) is 6.19. The number of hydrogen-bond acceptors (Lipinski definition) is 1. The summed E-state index contributed by atoms with van der Waals surface area (Å²) in [6, 6.07) is 15.7. The molecule has 1 saturated carbocycles. The summed E-state index contributed by atoms with van der Waals surface area (Å²) in [5.41, 5.74) is 3.84. The third-order valence-corrected chi connectivity index (χ3v) is 3.84. The number of benzene rings is 2. The average Bonchev–Trinajstić information content (AvgIpc) is 3.29. The van der Waals surface area contributed by atoms with E-state index in [2.05, 4.69) is 29.6 Å². The molecule has 3 rings (SSSR count). The zero-order valence-electron chi connectivity index (χ0n) is 11.6. The fraction of sp³-hybridized carbons (Fsp3) is 0.333. The van der Waals surface area contributed by atoms with Gasteiger partial charge in [0.1, 0.15) is 5.82 Å². The fourth-order valence-electron chi connectivity index (χ4n) is 2.48. The maximum absolute atomic E-state index is 13.0. The van der Waals surface area contributed by atoms with Gasteiger partial charge >= 0.3 is 0 Å². The summed E-state index contributed by atoms with van der Waals surface area (Å²) < 4.78 is 13.0. The van der Waals surface area contributed by atoms with Crippen LogP contribution in [0.5, 0.6) is 0 Å². The molecule has 0 bridgehead atoms. The van der Waals surface area contributed by atoms with E-state index in [-0.39, 0.29) is 5.82 Å². The Morgan fingerprint density at radius 3 is 2.50 bits per heavy atom. The first kappa shape index (κ1) is 13.3. The number of nitrogens with one attached hydrogen (secondary N) is 1. The molecule has 1 nitrogen and oxygen atoms in total. The Bertz CT molecular complexity index is 558. The molecule has 20 heavy (non-hydrogen) atoms. The lowest BCUT2D eigenvalue weighted by atomic mass is 10.1. The summed E-state index contributed by atoms with van der Waals surface area (Å²) in [5.74, 6) is 0.670. The summed E-state index contributed by atoms with van der Waals surface area (Å²) in [6.07, 6.45) is 3.56. The third-order valence-electron chi connectivity index (χ3n) is 3.84. The van der Waals surface area contributed by atoms with Gasteiger partial charge in [-0.2, -0.15) is 0 Å². The van der Waals surface area contributed by atoms with Crippen molar-refractivity contribution in [1.29, 1.82) is 0 Å². The number of rotatable bonds is 6. The Kier molecular flexibility index (Phi) is 4.12. The minimum atomic E-state index is -0.154. The van der Waals surface area contributed by atoms with E-state index in [4.69, 9.17) is 0 Å². The van der Waals surface area contributed by atoms with Crippen molar-refractivity contribution in [2.75, 3.05) is 6.54 Å². The molecule has 0 aliphatic heterocycles. The molecule has 0 amide bonds. The van der Waals surface area contributed by atoms with Crippen molar-refractivity contribution < 1.29 is 4.39 Å². The van der Waals surface area contributed by atoms with Gasteiger partial charge in [0.15, 0.2) is 0 Å². The first-order chi connectivity index (χ1) is 9.81. The summed E-state index contributed by atoms with van der Waals surface area (Å²) in [4.78, 5) is 0. The van der Waals surface area contributed by atoms with Crippen LogP contribution < -0.4 is 5.32 Å². The minimum Gasteiger partial charge on any atom is -0.312 e. The van der Waals surface area contributed by atoms with Crippen molar-refractivity contribution in [3.05, 3.63) is 71.0 Å². The zero-order chi connectivity index (χ0) is 13.8. The maximum atomic E-state index is 13.0. The molecule has 1 aliphatic rings. The van der Waals surface area contributed by atoms with E-state index in [1.807, 2.05) is 6.07 Å². The molecular formula is C18H20FN. The first-order valence-electron chi connectivity index (χ1n) is 7.35. The van der Waals surface area contributed by atoms with Crippen LogP contribution in [0.15, 0.2) is 48.5 Å². The molecule has 0 saturated heterocycles. The van der Waals surface area contributed by atoms with Crippen molar-refractivity contribution in [3.8, 4) is 0 Å². The second-order valence-corrected chi connectivity index (χ2v) is 5.57. The van der Waals surface area contributed by atoms with E-state index in [0.29, 0.717) is 0 Å². The van der Waals surface area contributed by atoms with Gasteiger partial charge in [-0.1, -0.05) is 36.4 Å². The molecule has 1 N–H and O–H groups in total. The molecule has 104 valence electrons. The van der Waals surface area contributed by atoms with Crippen LogP contribution in [-0.2, 0) is 13.0 Å². The number of hydrogen-bond donors (Lipinski definition) is 1. The Morgan fingerprint density at radius 1 is 1.00 bits per heavy atom. The lowest BCUT2D eigenvalue weighted by Crippen LogP contribution is -2.16. The third kappa shape index (κ3) is 3.67. The Balaban J connectivity index is 1.43. The normalized spacial score (nSPS) is 14.4. The van der Waals surface area contributed by atoms with E-state index in [1.54, 1.807) is 12.1 Å². The van der Waals surface area contributed by atoms with Crippen LogP contribution in [0.2, 0.25) is 0 Å². The fourth-order valence-corrected chi connectivity index (χ4v) is 2.48. The van der Waals surface area contributed by atoms with E-state index < -0.39 is 0 Å². The largest absolute Gasteiger partial charge is 0.312 e. The van der Waals surface area contributed by atoms with Crippen LogP contribution >= 0.6 is 0 Å². The van der Waals surface area contributed by atoms with Crippen LogP contribution in [0.3, 0.4) is 0 Å². The molecular weight excluding hydrogens is 249 g/mol. The predicted octanol–water partition coefficient (Wildman–Crippen LogP) is 4.04. The molecule has 0 unspecified atom stereocenters. The maximum Gasteiger partial charge on any atom is 0.123 e. The van der Waals surface area contributed by atoms with Gasteiger partial charge in [-0.3, -0.25) is 0 Å². The molecule has 1 aliphatic carbocycles. The highest BCUT2D eigenvalue weighted by Gasteiger charge is 2.22. The smallest absolute Gasteiger partial charge is 0.123 e. The van der Waals surface area contributed by atoms with Crippen molar-refractivity contribution in [2.24, 2.45) is 0 Å². The van der Waals surface area contributed by atoms with Crippen LogP contribution in [0.25, 0.3) is 0 Å². The predicted molar refractivity (Wildman–Crippen MR) is 80.2 cm³/mol. The zero-order valence-corrected chi connectivity index (χ0v) is 11.6. The standard InChI is InChI=1S/C18H20FN/c19-18-3-1-2-14(12-18)10-11-20-13-15-4-6-16(7-5-15)17-8-9-17/h1-7,12,17,20H,8-11,13H2. The van der Waals surface area contributed by atoms with Gasteiger partial charge in [0, 0.05) is 6.54 Å². The van der Waals surface area contributed by atoms with Crippen LogP contribution in [0.1, 0.15) is 35.4 Å². The molecule has 1 fully saturated rings. The highest BCUT2D eigenvalue weighted by atomic mass is 19.1. The number of halogens is 1. The van der Waals surface area contributed by atoms with E-state index in [0.717, 1.165) is 31.0 Å². The topological polar surface area (TPSA) is 12.0 Å². The van der Waals surface area contributed by atoms with Crippen molar-refractivity contribution >= 4 is 0 Å². The first-order valence-corrected chi connectivity index (χ1v) is 7.35. The highest BCUT2D eigenvalue weighted by Crippen LogP contribution is 2.39. The van der Waals surface area contributed by atoms with Gasteiger partial charge in [-0.15, -0.1) is 0 Å². The molecule has 0 radical (unpaired) electrons. The van der Waals surface area contributed by atoms with E-state index in [1.165, 1.54) is 30.0 Å². The Labute approximate surface area is 119 Å². The van der Waals surface area contributed by atoms with Gasteiger partial charge in [-0.25, -0.2) is 4.39 Å². The quantitative estimate of drug-likeness (QED) is 0.781. The molecule has 0 atom stereocenters. The highest BCUT2D eigenvalue weighted by molar-refractivity contribution is 5.28. The van der Waals surface area contributed by atoms with Gasteiger partial charge in [0.25, 0.3) is 0 Å². The van der Waals surface area contributed by atoms with Gasteiger partial charge in [0.2, 0.25) is 0 Å². The SMILES string of the molecule is Fc1cccc(CCNCc2ccc(C3CC3)cc2)c1. The lowest BCUT2D eigenvalue weighted by molar-refractivity contribution is 0.622. The Morgan fingerprint density at radius 2 is 1.80 bits per heavy atom. The van der Waals surface area contributed by atoms with Gasteiger partial charge in [0.05, 0.1) is 0 Å². The van der Waals surface area contributed by atoms with Crippen LogP contribution in [0, 0.1) is 5.82 Å². The lowest BCUT2D eigenvalue weighted by Gasteiger charge is -2.06. The molecule has 2 aromatic carbocycles. The van der Waals surface area contributed by atoms with Crippen molar-refractivity contribution in [1.82, 2.24) is 5.32 Å². The van der Waals surface area contributed by atoms with Gasteiger partial charge in [-0.05, 0) is 60.5 Å². The Hall–Kier alpha value is -1.67. The molecule has 0 spiro atoms. The summed E-state index contributed by atoms with van der Waals surface area (Å²) in [6.45, 7) is 1.74.